The van der Waals surface area contributed by atoms with Crippen LogP contribution in [0.4, 0.5) is 0 Å². The summed E-state index contributed by atoms with van der Waals surface area (Å²) < 4.78 is 1.05. The largest absolute Gasteiger partial charge is 0.478 e. The van der Waals surface area contributed by atoms with Crippen LogP contribution in [0.5, 0.6) is 0 Å². The minimum absolute atomic E-state index is 0.205. The number of carbonyl (C=O) groups is 1. The molecule has 2 nitrogen and oxygen atoms in total. The summed E-state index contributed by atoms with van der Waals surface area (Å²) in [6.45, 7) is 3.54. The summed E-state index contributed by atoms with van der Waals surface area (Å²) in [4.78, 5) is 10.7. The highest BCUT2D eigenvalue weighted by atomic mass is 79.9. The topological polar surface area (TPSA) is 37.3 Å². The fourth-order valence-electron chi connectivity index (χ4n) is 1.78. The number of aliphatic carboxylic acids is 1. The van der Waals surface area contributed by atoms with Crippen molar-refractivity contribution in [1.29, 1.82) is 0 Å². The third kappa shape index (κ3) is 3.55. The Kier molecular flexibility index (Phi) is 4.17. The van der Waals surface area contributed by atoms with Gasteiger partial charge in [-0.2, -0.15) is 0 Å². The highest BCUT2D eigenvalue weighted by Gasteiger charge is 2.05. The van der Waals surface area contributed by atoms with Gasteiger partial charge in [0, 0.05) is 16.5 Å². The number of carboxylic acid groups (broad SMARTS) is 1. The van der Waals surface area contributed by atoms with E-state index in [1.807, 2.05) is 48.5 Å². The summed E-state index contributed by atoms with van der Waals surface area (Å²) in [5.74, 6) is -0.947. The molecule has 0 atom stereocenters. The van der Waals surface area contributed by atoms with Crippen molar-refractivity contribution < 1.29 is 9.90 Å². The van der Waals surface area contributed by atoms with Crippen LogP contribution in [-0.2, 0) is 11.2 Å². The van der Waals surface area contributed by atoms with E-state index in [0.717, 1.165) is 21.2 Å². The van der Waals surface area contributed by atoms with E-state index in [9.17, 15) is 4.79 Å². The first kappa shape index (κ1) is 13.6. The molecule has 0 spiro atoms. The fourth-order valence-corrected chi connectivity index (χ4v) is 2.04. The molecule has 0 amide bonds. The second-order valence-corrected chi connectivity index (χ2v) is 5.20. The quantitative estimate of drug-likeness (QED) is 0.854. The minimum atomic E-state index is -0.947. The van der Waals surface area contributed by atoms with Crippen LogP contribution in [0, 0.1) is 0 Å². The number of hydrogen-bond donors (Lipinski definition) is 1. The SMILES string of the molecule is C=C(Cc1ccc(-c2ccc(Br)cc2)cc1)C(=O)O. The zero-order chi connectivity index (χ0) is 13.8. The van der Waals surface area contributed by atoms with Gasteiger partial charge in [-0.3, -0.25) is 0 Å². The van der Waals surface area contributed by atoms with Crippen molar-refractivity contribution in [2.75, 3.05) is 0 Å². The zero-order valence-electron chi connectivity index (χ0n) is 10.3. The van der Waals surface area contributed by atoms with Crippen molar-refractivity contribution in [1.82, 2.24) is 0 Å². The lowest BCUT2D eigenvalue weighted by Gasteiger charge is -2.05. The van der Waals surface area contributed by atoms with Crippen LogP contribution < -0.4 is 0 Å². The normalized spacial score (nSPS) is 10.2. The van der Waals surface area contributed by atoms with Crippen molar-refractivity contribution in [2.45, 2.75) is 6.42 Å². The third-order valence-electron chi connectivity index (χ3n) is 2.85. The molecular formula is C16H13BrO2. The second kappa shape index (κ2) is 5.85. The molecule has 0 saturated carbocycles. The van der Waals surface area contributed by atoms with E-state index in [4.69, 9.17) is 5.11 Å². The predicted octanol–water partition coefficient (Wildman–Crippen LogP) is 4.30. The molecule has 3 heteroatoms. The molecule has 0 aliphatic carbocycles. The van der Waals surface area contributed by atoms with E-state index in [1.165, 1.54) is 0 Å². The first-order valence-electron chi connectivity index (χ1n) is 5.82. The Morgan fingerprint density at radius 3 is 1.95 bits per heavy atom. The summed E-state index contributed by atoms with van der Waals surface area (Å²) >= 11 is 3.40. The molecule has 19 heavy (non-hydrogen) atoms. The van der Waals surface area contributed by atoms with Gasteiger partial charge < -0.3 is 5.11 Å². The van der Waals surface area contributed by atoms with Crippen molar-refractivity contribution in [3.05, 3.63) is 70.7 Å². The maximum Gasteiger partial charge on any atom is 0.331 e. The maximum atomic E-state index is 10.7. The Balaban J connectivity index is 2.16. The highest BCUT2D eigenvalue weighted by Crippen LogP contribution is 2.22. The van der Waals surface area contributed by atoms with E-state index in [0.29, 0.717) is 6.42 Å². The molecule has 96 valence electrons. The molecule has 0 radical (unpaired) electrons. The Bertz CT molecular complexity index is 598. The number of carboxylic acids is 1. The molecule has 0 saturated heterocycles. The van der Waals surface area contributed by atoms with Crippen LogP contribution >= 0.6 is 15.9 Å². The summed E-state index contributed by atoms with van der Waals surface area (Å²) in [6.07, 6.45) is 0.371. The summed E-state index contributed by atoms with van der Waals surface area (Å²) in [5, 5.41) is 8.80. The van der Waals surface area contributed by atoms with Gasteiger partial charge in [0.2, 0.25) is 0 Å². The first-order valence-corrected chi connectivity index (χ1v) is 6.61. The van der Waals surface area contributed by atoms with Crippen molar-refractivity contribution in [3.8, 4) is 11.1 Å². The lowest BCUT2D eigenvalue weighted by Crippen LogP contribution is -2.01. The number of halogens is 1. The van der Waals surface area contributed by atoms with Crippen LogP contribution in [0.15, 0.2) is 65.2 Å². The molecule has 0 heterocycles. The van der Waals surface area contributed by atoms with Crippen molar-refractivity contribution in [2.24, 2.45) is 0 Å². The van der Waals surface area contributed by atoms with Gasteiger partial charge in [0.1, 0.15) is 0 Å². The van der Waals surface area contributed by atoms with Gasteiger partial charge in [-0.15, -0.1) is 0 Å². The summed E-state index contributed by atoms with van der Waals surface area (Å²) in [6, 6.07) is 15.9. The van der Waals surface area contributed by atoms with E-state index in [-0.39, 0.29) is 5.57 Å². The van der Waals surface area contributed by atoms with E-state index in [1.54, 1.807) is 0 Å². The molecule has 0 aliphatic rings. The Morgan fingerprint density at radius 2 is 1.47 bits per heavy atom. The predicted molar refractivity (Wildman–Crippen MR) is 80.1 cm³/mol. The molecular weight excluding hydrogens is 304 g/mol. The summed E-state index contributed by atoms with van der Waals surface area (Å²) in [7, 11) is 0. The second-order valence-electron chi connectivity index (χ2n) is 4.29. The zero-order valence-corrected chi connectivity index (χ0v) is 11.9. The fraction of sp³-hybridized carbons (Fsp3) is 0.0625. The van der Waals surface area contributed by atoms with Crippen LogP contribution in [0.2, 0.25) is 0 Å². The molecule has 0 bridgehead atoms. The average molecular weight is 317 g/mol. The molecule has 0 unspecified atom stereocenters. The van der Waals surface area contributed by atoms with Gasteiger partial charge in [0.25, 0.3) is 0 Å². The first-order chi connectivity index (χ1) is 9.06. The minimum Gasteiger partial charge on any atom is -0.478 e. The van der Waals surface area contributed by atoms with Crippen LogP contribution in [0.3, 0.4) is 0 Å². The molecule has 2 aromatic carbocycles. The van der Waals surface area contributed by atoms with E-state index in [2.05, 4.69) is 22.5 Å². The van der Waals surface area contributed by atoms with Crippen molar-refractivity contribution in [3.63, 3.8) is 0 Å². The molecule has 2 aromatic rings. The average Bonchev–Trinajstić information content (AvgIpc) is 2.40. The Labute approximate surface area is 120 Å². The highest BCUT2D eigenvalue weighted by molar-refractivity contribution is 9.10. The Hall–Kier alpha value is -1.87. The van der Waals surface area contributed by atoms with Crippen LogP contribution in [0.25, 0.3) is 11.1 Å². The van der Waals surface area contributed by atoms with Gasteiger partial charge in [-0.05, 0) is 28.8 Å². The van der Waals surface area contributed by atoms with Gasteiger partial charge in [0.15, 0.2) is 0 Å². The number of benzene rings is 2. The van der Waals surface area contributed by atoms with E-state index < -0.39 is 5.97 Å². The lowest BCUT2D eigenvalue weighted by atomic mass is 10.0. The molecule has 0 aromatic heterocycles. The maximum absolute atomic E-state index is 10.7. The molecule has 2 rings (SSSR count). The number of rotatable bonds is 4. The summed E-state index contributed by atoms with van der Waals surface area (Å²) in [5.41, 5.74) is 3.40. The monoisotopic (exact) mass is 316 g/mol. The smallest absolute Gasteiger partial charge is 0.331 e. The van der Waals surface area contributed by atoms with Gasteiger partial charge in [-0.25, -0.2) is 4.79 Å². The van der Waals surface area contributed by atoms with Gasteiger partial charge in [0.05, 0.1) is 0 Å². The number of hydrogen-bond acceptors (Lipinski definition) is 1. The van der Waals surface area contributed by atoms with Crippen LogP contribution in [0.1, 0.15) is 5.56 Å². The molecule has 1 N–H and O–H groups in total. The van der Waals surface area contributed by atoms with Gasteiger partial charge >= 0.3 is 5.97 Å². The van der Waals surface area contributed by atoms with Crippen LogP contribution in [-0.4, -0.2) is 11.1 Å². The van der Waals surface area contributed by atoms with Crippen molar-refractivity contribution >= 4 is 21.9 Å². The van der Waals surface area contributed by atoms with E-state index >= 15 is 0 Å². The lowest BCUT2D eigenvalue weighted by molar-refractivity contribution is -0.132. The van der Waals surface area contributed by atoms with Gasteiger partial charge in [-0.1, -0.05) is 58.9 Å². The third-order valence-corrected chi connectivity index (χ3v) is 3.38. The standard InChI is InChI=1S/C16H13BrO2/c1-11(16(18)19)10-12-2-4-13(5-3-12)14-6-8-15(17)9-7-14/h2-9H,1,10H2,(H,18,19). The Morgan fingerprint density at radius 1 is 1.00 bits per heavy atom. The molecule has 0 fully saturated rings. The molecule has 0 aliphatic heterocycles.